The summed E-state index contributed by atoms with van der Waals surface area (Å²) in [5.41, 5.74) is 5.82. The Morgan fingerprint density at radius 1 is 1.35 bits per heavy atom. The van der Waals surface area contributed by atoms with Crippen molar-refractivity contribution < 1.29 is 14.3 Å². The van der Waals surface area contributed by atoms with Crippen LogP contribution in [0.4, 0.5) is 10.6 Å². The molecule has 1 fully saturated rings. The number of carbonyl (C=O) groups is 2. The normalized spacial score (nSPS) is 15.7. The molecule has 2 heterocycles. The molecule has 7 heteroatoms. The standard InChI is InChI=1S/C16H24N4O3/c1-16(2,3)23-15(22)19-9-10-20(14(21)11-19)13-6-4-5-12(18-13)7-8-17/h4-6H,7-11,17H2,1-3H3. The van der Waals surface area contributed by atoms with Crippen LogP contribution >= 0.6 is 0 Å². The van der Waals surface area contributed by atoms with Gasteiger partial charge in [-0.3, -0.25) is 14.6 Å². The summed E-state index contributed by atoms with van der Waals surface area (Å²) in [6, 6.07) is 5.54. The molecule has 1 aromatic heterocycles. The fourth-order valence-corrected chi connectivity index (χ4v) is 2.30. The number of ether oxygens (including phenoxy) is 1. The first-order valence-electron chi connectivity index (χ1n) is 7.74. The van der Waals surface area contributed by atoms with E-state index in [2.05, 4.69) is 4.98 Å². The Labute approximate surface area is 136 Å². The maximum Gasteiger partial charge on any atom is 0.410 e. The highest BCUT2D eigenvalue weighted by Gasteiger charge is 2.31. The van der Waals surface area contributed by atoms with Crippen molar-refractivity contribution in [2.45, 2.75) is 32.8 Å². The van der Waals surface area contributed by atoms with E-state index < -0.39 is 11.7 Å². The number of pyridine rings is 1. The molecule has 1 aliphatic rings. The second-order valence-electron chi connectivity index (χ2n) is 6.47. The zero-order chi connectivity index (χ0) is 17.0. The Kier molecular flexibility index (Phi) is 5.20. The van der Waals surface area contributed by atoms with Gasteiger partial charge in [0, 0.05) is 25.2 Å². The molecule has 0 atom stereocenters. The van der Waals surface area contributed by atoms with E-state index in [0.29, 0.717) is 31.9 Å². The maximum absolute atomic E-state index is 12.4. The lowest BCUT2D eigenvalue weighted by molar-refractivity contribution is -0.121. The fraction of sp³-hybridized carbons (Fsp3) is 0.562. The highest BCUT2D eigenvalue weighted by Crippen LogP contribution is 2.17. The molecule has 1 aromatic rings. The number of amides is 2. The lowest BCUT2D eigenvalue weighted by Crippen LogP contribution is -2.53. The third-order valence-corrected chi connectivity index (χ3v) is 3.34. The van der Waals surface area contributed by atoms with Crippen LogP contribution in [-0.2, 0) is 16.0 Å². The predicted molar refractivity (Wildman–Crippen MR) is 87.2 cm³/mol. The highest BCUT2D eigenvalue weighted by atomic mass is 16.6. The number of aromatic nitrogens is 1. The van der Waals surface area contributed by atoms with Crippen LogP contribution in [0.1, 0.15) is 26.5 Å². The molecule has 1 saturated heterocycles. The first-order valence-corrected chi connectivity index (χ1v) is 7.74. The molecule has 2 amide bonds. The summed E-state index contributed by atoms with van der Waals surface area (Å²) >= 11 is 0. The van der Waals surface area contributed by atoms with Gasteiger partial charge in [-0.2, -0.15) is 0 Å². The van der Waals surface area contributed by atoms with Gasteiger partial charge in [-0.05, 0) is 39.4 Å². The van der Waals surface area contributed by atoms with Crippen molar-refractivity contribution in [3.05, 3.63) is 23.9 Å². The third kappa shape index (κ3) is 4.66. The molecule has 0 spiro atoms. The zero-order valence-electron chi connectivity index (χ0n) is 13.9. The largest absolute Gasteiger partial charge is 0.444 e. The predicted octanol–water partition coefficient (Wildman–Crippen LogP) is 1.17. The summed E-state index contributed by atoms with van der Waals surface area (Å²) in [6.07, 6.45) is 0.204. The van der Waals surface area contributed by atoms with Gasteiger partial charge >= 0.3 is 6.09 Å². The minimum Gasteiger partial charge on any atom is -0.444 e. The Balaban J connectivity index is 2.03. The third-order valence-electron chi connectivity index (χ3n) is 3.34. The first kappa shape index (κ1) is 17.2. The minimum absolute atomic E-state index is 0.00227. The molecule has 0 aliphatic carbocycles. The number of anilines is 1. The number of nitrogens with two attached hydrogens (primary N) is 1. The molecule has 126 valence electrons. The molecular formula is C16H24N4O3. The summed E-state index contributed by atoms with van der Waals surface area (Å²) in [5, 5.41) is 0. The second-order valence-corrected chi connectivity index (χ2v) is 6.47. The molecule has 0 aromatic carbocycles. The lowest BCUT2D eigenvalue weighted by atomic mass is 10.2. The smallest absolute Gasteiger partial charge is 0.410 e. The van der Waals surface area contributed by atoms with Gasteiger partial charge in [0.15, 0.2) is 0 Å². The van der Waals surface area contributed by atoms with Crippen molar-refractivity contribution in [1.82, 2.24) is 9.88 Å². The van der Waals surface area contributed by atoms with Crippen LogP contribution in [-0.4, -0.2) is 53.7 Å². The van der Waals surface area contributed by atoms with Gasteiger partial charge in [-0.15, -0.1) is 0 Å². The summed E-state index contributed by atoms with van der Waals surface area (Å²) in [7, 11) is 0. The molecular weight excluding hydrogens is 296 g/mol. The molecule has 23 heavy (non-hydrogen) atoms. The van der Waals surface area contributed by atoms with Crippen molar-refractivity contribution in [2.24, 2.45) is 5.73 Å². The number of rotatable bonds is 3. The van der Waals surface area contributed by atoms with Gasteiger partial charge in [-0.1, -0.05) is 6.07 Å². The monoisotopic (exact) mass is 320 g/mol. The van der Waals surface area contributed by atoms with E-state index in [1.807, 2.05) is 12.1 Å². The van der Waals surface area contributed by atoms with Crippen LogP contribution in [0.5, 0.6) is 0 Å². The summed E-state index contributed by atoms with van der Waals surface area (Å²) in [5.74, 6) is 0.435. The minimum atomic E-state index is -0.574. The molecule has 2 rings (SSSR count). The van der Waals surface area contributed by atoms with Crippen molar-refractivity contribution in [2.75, 3.05) is 31.1 Å². The van der Waals surface area contributed by atoms with Crippen LogP contribution in [0.15, 0.2) is 18.2 Å². The van der Waals surface area contributed by atoms with Gasteiger partial charge in [-0.25, -0.2) is 9.78 Å². The van der Waals surface area contributed by atoms with Crippen molar-refractivity contribution in [1.29, 1.82) is 0 Å². The molecule has 2 N–H and O–H groups in total. The van der Waals surface area contributed by atoms with Crippen LogP contribution in [0.25, 0.3) is 0 Å². The van der Waals surface area contributed by atoms with E-state index in [0.717, 1.165) is 5.69 Å². The molecule has 7 nitrogen and oxygen atoms in total. The van der Waals surface area contributed by atoms with E-state index in [1.165, 1.54) is 4.90 Å². The summed E-state index contributed by atoms with van der Waals surface area (Å²) in [6.45, 7) is 6.73. The van der Waals surface area contributed by atoms with Crippen molar-refractivity contribution in [3.63, 3.8) is 0 Å². The van der Waals surface area contributed by atoms with E-state index in [9.17, 15) is 9.59 Å². The quantitative estimate of drug-likeness (QED) is 0.903. The number of hydrogen-bond acceptors (Lipinski definition) is 5. The Bertz CT molecular complexity index is 583. The number of piperazine rings is 1. The summed E-state index contributed by atoms with van der Waals surface area (Å²) < 4.78 is 5.30. The van der Waals surface area contributed by atoms with Crippen molar-refractivity contribution >= 4 is 17.8 Å². The molecule has 0 radical (unpaired) electrons. The maximum atomic E-state index is 12.4. The van der Waals surface area contributed by atoms with Gasteiger partial charge < -0.3 is 10.5 Å². The van der Waals surface area contributed by atoms with Crippen LogP contribution in [0, 0.1) is 0 Å². The van der Waals surface area contributed by atoms with Crippen LogP contribution in [0.2, 0.25) is 0 Å². The molecule has 0 saturated carbocycles. The molecule has 1 aliphatic heterocycles. The lowest BCUT2D eigenvalue weighted by Gasteiger charge is -2.34. The van der Waals surface area contributed by atoms with Gasteiger partial charge in [0.05, 0.1) is 0 Å². The fourth-order valence-electron chi connectivity index (χ4n) is 2.30. The van der Waals surface area contributed by atoms with Gasteiger partial charge in [0.25, 0.3) is 0 Å². The topological polar surface area (TPSA) is 88.8 Å². The van der Waals surface area contributed by atoms with Crippen LogP contribution in [0.3, 0.4) is 0 Å². The highest BCUT2D eigenvalue weighted by molar-refractivity contribution is 5.96. The van der Waals surface area contributed by atoms with E-state index in [4.69, 9.17) is 10.5 Å². The number of nitrogens with zero attached hydrogens (tertiary/aromatic N) is 3. The first-order chi connectivity index (χ1) is 10.8. The Morgan fingerprint density at radius 2 is 2.09 bits per heavy atom. The number of carbonyl (C=O) groups excluding carboxylic acids is 2. The SMILES string of the molecule is CC(C)(C)OC(=O)N1CCN(c2cccc(CCN)n2)C(=O)C1. The van der Waals surface area contributed by atoms with Gasteiger partial charge in [0.1, 0.15) is 18.0 Å². The number of hydrogen-bond donors (Lipinski definition) is 1. The van der Waals surface area contributed by atoms with Gasteiger partial charge in [0.2, 0.25) is 5.91 Å². The van der Waals surface area contributed by atoms with E-state index in [1.54, 1.807) is 31.7 Å². The molecule has 0 bridgehead atoms. The second kappa shape index (κ2) is 6.95. The zero-order valence-corrected chi connectivity index (χ0v) is 13.9. The average molecular weight is 320 g/mol. The van der Waals surface area contributed by atoms with E-state index in [-0.39, 0.29) is 12.5 Å². The van der Waals surface area contributed by atoms with E-state index >= 15 is 0 Å². The average Bonchev–Trinajstić information content (AvgIpc) is 2.46. The Hall–Kier alpha value is -2.15. The van der Waals surface area contributed by atoms with Crippen LogP contribution < -0.4 is 10.6 Å². The van der Waals surface area contributed by atoms with Crippen molar-refractivity contribution in [3.8, 4) is 0 Å². The molecule has 0 unspecified atom stereocenters. The Morgan fingerprint density at radius 3 is 2.70 bits per heavy atom. The summed E-state index contributed by atoms with van der Waals surface area (Å²) in [4.78, 5) is 31.9.